The van der Waals surface area contributed by atoms with Gasteiger partial charge in [-0.15, -0.1) is 0 Å². The molecular formula is C53H86N12O15. The highest BCUT2D eigenvalue weighted by molar-refractivity contribution is 6.01. The molecule has 1 heterocycles. The molecule has 1 aromatic carbocycles. The number of amides is 12. The van der Waals surface area contributed by atoms with Crippen LogP contribution in [0, 0.1) is 11.8 Å². The largest absolute Gasteiger partial charge is 0.508 e. The average molecular weight is 1130 g/mol. The first-order valence-corrected chi connectivity index (χ1v) is 27.3. The number of carbonyl (C=O) groups is 12. The zero-order valence-electron chi connectivity index (χ0n) is 47.1. The first-order chi connectivity index (χ1) is 37.5. The lowest BCUT2D eigenvalue weighted by molar-refractivity contribution is -0.138. The summed E-state index contributed by atoms with van der Waals surface area (Å²) >= 11 is 0. The predicted molar refractivity (Wildman–Crippen MR) is 291 cm³/mol. The van der Waals surface area contributed by atoms with Crippen molar-refractivity contribution < 1.29 is 72.9 Å². The lowest BCUT2D eigenvalue weighted by atomic mass is 9.99. The van der Waals surface area contributed by atoms with Crippen LogP contribution in [-0.2, 0) is 52.7 Å². The Morgan fingerprint density at radius 2 is 0.900 bits per heavy atom. The SMILES string of the molecule is CCCCCCCC[C@H]1NC(=O)[C@@H](CC(C)C)NC(=O)[C@H]([C@@H](C)O)NC(=O)[C@@H](CC(C)C)NC(=O)[C@@H](CC(N)=O)NC(=O)[C@H](CC(N)=O)NC(=O)[C@H](C)NC(=O)[C@H]([C@@H](C)O)NC(=O)[C@H](CCCNC(=O)c2cccc(O)c2)NC1=O. The molecule has 448 valence electrons. The predicted octanol–water partition coefficient (Wildman–Crippen LogP) is -2.35. The van der Waals surface area contributed by atoms with E-state index in [9.17, 15) is 72.9 Å². The minimum absolute atomic E-state index is 0.00929. The first kappa shape index (κ1) is 68.7. The highest BCUT2D eigenvalue weighted by Gasteiger charge is 2.38. The Kier molecular flexibility index (Phi) is 29.7. The summed E-state index contributed by atoms with van der Waals surface area (Å²) in [5.74, 6) is -13.1. The molecule has 0 radical (unpaired) electrons. The molecule has 0 aromatic heterocycles. The summed E-state index contributed by atoms with van der Waals surface area (Å²) in [7, 11) is 0. The Morgan fingerprint density at radius 3 is 1.38 bits per heavy atom. The Hall–Kier alpha value is -7.42. The van der Waals surface area contributed by atoms with Gasteiger partial charge < -0.3 is 80.0 Å². The molecule has 17 N–H and O–H groups in total. The van der Waals surface area contributed by atoms with Gasteiger partial charge in [-0.05, 0) is 82.9 Å². The zero-order chi connectivity index (χ0) is 60.4. The van der Waals surface area contributed by atoms with Crippen LogP contribution < -0.4 is 64.6 Å². The summed E-state index contributed by atoms with van der Waals surface area (Å²) in [6.07, 6.45) is -0.658. The van der Waals surface area contributed by atoms with E-state index in [4.69, 9.17) is 11.5 Å². The highest BCUT2D eigenvalue weighted by atomic mass is 16.3. The van der Waals surface area contributed by atoms with Crippen molar-refractivity contribution in [3.05, 3.63) is 29.8 Å². The summed E-state index contributed by atoms with van der Waals surface area (Å²) in [6, 6.07) is -9.15. The van der Waals surface area contributed by atoms with Crippen molar-refractivity contribution in [1.82, 2.24) is 53.2 Å². The smallest absolute Gasteiger partial charge is 0.251 e. The standard InChI is InChI=1S/C53H86N12O15/c1-9-10-11-12-13-14-19-34-46(73)58-35(20-16-21-56-45(72)32-17-15-18-33(68)24-32)47(74)64-42(30(7)66)52(79)57-29(6)44(71)60-38(25-40(54)69)49(76)62-39(26-41(55)70)50(77)61-37(23-28(4)5)51(78)65-43(31(8)67)53(80)63-36(22-27(2)3)48(75)59-34/h15,17-18,24,27-31,34-39,42-43,66-68H,9-14,16,19-23,25-26H2,1-8H3,(H2,54,69)(H2,55,70)(H,56,72)(H,57,79)(H,58,73)(H,59,75)(H,60,71)(H,61,77)(H,62,76)(H,63,80)(H,64,74)(H,65,78)/t29-,30+,31+,34+,35-,36+,37+,38-,39+,42-,43-/m0/s1. The number of unbranched alkanes of at least 4 members (excludes halogenated alkanes) is 5. The molecule has 0 spiro atoms. The third kappa shape index (κ3) is 24.7. The average Bonchev–Trinajstić information content (AvgIpc) is 3.36. The second-order valence-electron chi connectivity index (χ2n) is 21.2. The molecule has 0 aliphatic carbocycles. The maximum Gasteiger partial charge on any atom is 0.251 e. The molecule has 80 heavy (non-hydrogen) atoms. The van der Waals surface area contributed by atoms with Crippen molar-refractivity contribution >= 4 is 70.9 Å². The van der Waals surface area contributed by atoms with E-state index in [0.717, 1.165) is 39.5 Å². The summed E-state index contributed by atoms with van der Waals surface area (Å²) < 4.78 is 0. The van der Waals surface area contributed by atoms with E-state index in [1.165, 1.54) is 31.2 Å². The summed E-state index contributed by atoms with van der Waals surface area (Å²) in [4.78, 5) is 164. The number of phenols is 1. The van der Waals surface area contributed by atoms with Gasteiger partial charge in [-0.25, -0.2) is 0 Å². The normalized spacial score (nSPS) is 24.5. The van der Waals surface area contributed by atoms with Gasteiger partial charge >= 0.3 is 0 Å². The monoisotopic (exact) mass is 1130 g/mol. The molecule has 1 saturated heterocycles. The molecule has 2 rings (SSSR count). The van der Waals surface area contributed by atoms with Gasteiger partial charge in [0.15, 0.2) is 0 Å². The van der Waals surface area contributed by atoms with Gasteiger partial charge in [0.25, 0.3) is 5.91 Å². The van der Waals surface area contributed by atoms with Gasteiger partial charge in [0.2, 0.25) is 65.0 Å². The zero-order valence-corrected chi connectivity index (χ0v) is 47.1. The van der Waals surface area contributed by atoms with E-state index >= 15 is 0 Å². The molecular weight excluding hydrogens is 1040 g/mol. The lowest BCUT2D eigenvalue weighted by Crippen LogP contribution is -2.62. The maximum absolute atomic E-state index is 14.5. The number of carbonyl (C=O) groups excluding carboxylic acids is 12. The number of phenolic OH excluding ortho intramolecular Hbond substituents is 1. The van der Waals surface area contributed by atoms with Crippen LogP contribution in [-0.4, -0.2) is 159 Å². The van der Waals surface area contributed by atoms with Gasteiger partial charge in [0.1, 0.15) is 60.1 Å². The van der Waals surface area contributed by atoms with E-state index in [1.807, 2.05) is 6.92 Å². The molecule has 1 aliphatic rings. The van der Waals surface area contributed by atoms with Crippen LogP contribution in [0.4, 0.5) is 0 Å². The minimum Gasteiger partial charge on any atom is -0.508 e. The van der Waals surface area contributed by atoms with Crippen molar-refractivity contribution in [1.29, 1.82) is 0 Å². The fraction of sp³-hybridized carbons (Fsp3) is 0.660. The summed E-state index contributed by atoms with van der Waals surface area (Å²) in [6.45, 7) is 12.3. The number of aromatic hydroxyl groups is 1. The second-order valence-corrected chi connectivity index (χ2v) is 21.2. The first-order valence-electron chi connectivity index (χ1n) is 27.3. The number of aliphatic hydroxyl groups is 2. The number of rotatable bonds is 22. The minimum atomic E-state index is -1.86. The maximum atomic E-state index is 14.5. The molecule has 27 nitrogen and oxygen atoms in total. The molecule has 1 fully saturated rings. The highest BCUT2D eigenvalue weighted by Crippen LogP contribution is 2.15. The molecule has 27 heteroatoms. The van der Waals surface area contributed by atoms with Crippen LogP contribution in [0.5, 0.6) is 5.75 Å². The van der Waals surface area contributed by atoms with E-state index in [2.05, 4.69) is 53.2 Å². The third-order valence-electron chi connectivity index (χ3n) is 12.8. The number of aliphatic hydroxyl groups excluding tert-OH is 2. The molecule has 0 unspecified atom stereocenters. The quantitative estimate of drug-likeness (QED) is 0.0541. The number of nitrogens with one attached hydrogen (secondary N) is 10. The van der Waals surface area contributed by atoms with Gasteiger partial charge in [0, 0.05) is 12.1 Å². The molecule has 1 aromatic rings. The molecule has 11 atom stereocenters. The Morgan fingerprint density at radius 1 is 0.512 bits per heavy atom. The molecule has 0 saturated carbocycles. The van der Waals surface area contributed by atoms with Gasteiger partial charge in [-0.1, -0.05) is 79.2 Å². The fourth-order valence-electron chi connectivity index (χ4n) is 8.48. The number of hydrogen-bond acceptors (Lipinski definition) is 15. The van der Waals surface area contributed by atoms with Crippen molar-refractivity contribution in [3.63, 3.8) is 0 Å². The number of hydrogen-bond donors (Lipinski definition) is 15. The van der Waals surface area contributed by atoms with E-state index in [-0.39, 0.29) is 61.8 Å². The Labute approximate surface area is 466 Å². The number of benzene rings is 1. The van der Waals surface area contributed by atoms with Crippen molar-refractivity contribution in [3.8, 4) is 5.75 Å². The Bertz CT molecular complexity index is 2310. The van der Waals surface area contributed by atoms with Gasteiger partial charge in [-0.2, -0.15) is 0 Å². The number of primary amides is 2. The van der Waals surface area contributed by atoms with Crippen LogP contribution in [0.25, 0.3) is 0 Å². The van der Waals surface area contributed by atoms with Gasteiger partial charge in [0.05, 0.1) is 25.0 Å². The van der Waals surface area contributed by atoms with Crippen LogP contribution in [0.2, 0.25) is 0 Å². The van der Waals surface area contributed by atoms with Crippen molar-refractivity contribution in [2.45, 2.75) is 205 Å². The topological polar surface area (TPSA) is 438 Å². The van der Waals surface area contributed by atoms with Gasteiger partial charge in [-0.3, -0.25) is 57.5 Å². The van der Waals surface area contributed by atoms with Crippen LogP contribution in [0.3, 0.4) is 0 Å². The van der Waals surface area contributed by atoms with Crippen LogP contribution in [0.15, 0.2) is 24.3 Å². The van der Waals surface area contributed by atoms with Crippen LogP contribution in [0.1, 0.15) is 149 Å². The fourth-order valence-corrected chi connectivity index (χ4v) is 8.48. The number of nitrogens with two attached hydrogens (primary N) is 2. The Balaban J connectivity index is 2.81. The molecule has 1 aliphatic heterocycles. The lowest BCUT2D eigenvalue weighted by Gasteiger charge is -2.29. The van der Waals surface area contributed by atoms with Crippen molar-refractivity contribution in [2.24, 2.45) is 23.3 Å². The molecule has 12 amide bonds. The summed E-state index contributed by atoms with van der Waals surface area (Å²) in [5, 5.41) is 56.3. The second kappa shape index (κ2) is 34.6. The molecule has 0 bridgehead atoms. The summed E-state index contributed by atoms with van der Waals surface area (Å²) in [5.41, 5.74) is 11.0. The third-order valence-corrected chi connectivity index (χ3v) is 12.8. The van der Waals surface area contributed by atoms with Crippen LogP contribution >= 0.6 is 0 Å². The van der Waals surface area contributed by atoms with E-state index in [1.54, 1.807) is 27.7 Å². The van der Waals surface area contributed by atoms with E-state index in [0.29, 0.717) is 12.8 Å². The van der Waals surface area contributed by atoms with Crippen molar-refractivity contribution in [2.75, 3.05) is 6.54 Å². The van der Waals surface area contributed by atoms with E-state index < -0.39 is 150 Å².